The molecule has 4 nitrogen and oxygen atoms in total. The Morgan fingerprint density at radius 3 is 2.65 bits per heavy atom. The molecule has 1 aromatic rings. The van der Waals surface area contributed by atoms with Crippen LogP contribution in [0.2, 0.25) is 0 Å². The van der Waals surface area contributed by atoms with Crippen LogP contribution in [-0.4, -0.2) is 36.2 Å². The number of carbonyl (C=O) groups excluding carboxylic acids is 1. The second-order valence-electron chi connectivity index (χ2n) is 5.68. The molecule has 1 N–H and O–H groups in total. The summed E-state index contributed by atoms with van der Waals surface area (Å²) in [6.07, 6.45) is 4.32. The molecule has 20 heavy (non-hydrogen) atoms. The summed E-state index contributed by atoms with van der Waals surface area (Å²) in [5.41, 5.74) is 1.04. The van der Waals surface area contributed by atoms with Crippen molar-refractivity contribution in [3.8, 4) is 0 Å². The molecule has 1 heterocycles. The van der Waals surface area contributed by atoms with Gasteiger partial charge in [-0.15, -0.1) is 0 Å². The molecule has 1 aliphatic carbocycles. The van der Waals surface area contributed by atoms with Gasteiger partial charge in [-0.2, -0.15) is 0 Å². The molecule has 1 saturated heterocycles. The van der Waals surface area contributed by atoms with E-state index in [9.17, 15) is 4.79 Å². The summed E-state index contributed by atoms with van der Waals surface area (Å²) in [5.74, 6) is 0. The molecule has 2 fully saturated rings. The average Bonchev–Trinajstić information content (AvgIpc) is 3.32. The van der Waals surface area contributed by atoms with Crippen LogP contribution in [0.25, 0.3) is 0 Å². The van der Waals surface area contributed by atoms with E-state index in [0.29, 0.717) is 18.7 Å². The Morgan fingerprint density at radius 1 is 1.20 bits per heavy atom. The Labute approximate surface area is 120 Å². The minimum atomic E-state index is -0.148. The Kier molecular flexibility index (Phi) is 4.21. The lowest BCUT2D eigenvalue weighted by molar-refractivity contribution is 0.0711. The van der Waals surface area contributed by atoms with E-state index >= 15 is 0 Å². The minimum absolute atomic E-state index is 0.148. The molecule has 1 aliphatic heterocycles. The highest BCUT2D eigenvalue weighted by Crippen LogP contribution is 2.31. The maximum atomic E-state index is 12.4. The van der Waals surface area contributed by atoms with Crippen LogP contribution in [0.5, 0.6) is 0 Å². The van der Waals surface area contributed by atoms with E-state index in [4.69, 9.17) is 4.74 Å². The number of hydrogen-bond acceptors (Lipinski definition) is 3. The van der Waals surface area contributed by atoms with E-state index in [1.165, 1.54) is 0 Å². The lowest BCUT2D eigenvalue weighted by Crippen LogP contribution is -2.49. The van der Waals surface area contributed by atoms with Crippen molar-refractivity contribution in [2.75, 3.05) is 13.1 Å². The Hall–Kier alpha value is -1.55. The lowest BCUT2D eigenvalue weighted by Gasteiger charge is -2.34. The summed E-state index contributed by atoms with van der Waals surface area (Å²) < 4.78 is 5.50. The summed E-state index contributed by atoms with van der Waals surface area (Å²) in [6.45, 7) is 2.33. The van der Waals surface area contributed by atoms with E-state index in [0.717, 1.165) is 44.3 Å². The van der Waals surface area contributed by atoms with Gasteiger partial charge in [0.25, 0.3) is 0 Å². The smallest absolute Gasteiger partial charge is 0.410 e. The molecule has 0 aromatic heterocycles. The van der Waals surface area contributed by atoms with Gasteiger partial charge in [-0.1, -0.05) is 30.3 Å². The largest absolute Gasteiger partial charge is 0.445 e. The third-order valence-corrected chi connectivity index (χ3v) is 4.02. The standard InChI is InChI=1S/C16H22N2O2/c19-16(20-12-13-5-2-1-3-6-13)18(14-8-9-14)15-7-4-10-17-11-15/h1-3,5-6,14-15,17H,4,7-12H2/t15-/m1/s1. The van der Waals surface area contributed by atoms with Crippen molar-refractivity contribution < 1.29 is 9.53 Å². The number of piperidine rings is 1. The van der Waals surface area contributed by atoms with Gasteiger partial charge < -0.3 is 15.0 Å². The van der Waals surface area contributed by atoms with Crippen LogP contribution < -0.4 is 5.32 Å². The van der Waals surface area contributed by atoms with Gasteiger partial charge in [-0.25, -0.2) is 4.79 Å². The van der Waals surface area contributed by atoms with Crippen LogP contribution in [-0.2, 0) is 11.3 Å². The zero-order valence-electron chi connectivity index (χ0n) is 11.8. The first-order valence-electron chi connectivity index (χ1n) is 7.54. The second kappa shape index (κ2) is 6.27. The highest BCUT2D eigenvalue weighted by atomic mass is 16.6. The number of ether oxygens (including phenoxy) is 1. The highest BCUT2D eigenvalue weighted by Gasteiger charge is 2.38. The number of hydrogen-bond donors (Lipinski definition) is 1. The molecule has 108 valence electrons. The molecule has 4 heteroatoms. The maximum absolute atomic E-state index is 12.4. The monoisotopic (exact) mass is 274 g/mol. The van der Waals surface area contributed by atoms with Gasteiger partial charge in [0.15, 0.2) is 0 Å². The molecule has 1 saturated carbocycles. The van der Waals surface area contributed by atoms with Crippen molar-refractivity contribution in [2.24, 2.45) is 0 Å². The van der Waals surface area contributed by atoms with Gasteiger partial charge in [0.2, 0.25) is 0 Å². The van der Waals surface area contributed by atoms with Crippen LogP contribution in [0.4, 0.5) is 4.79 Å². The second-order valence-corrected chi connectivity index (χ2v) is 5.68. The summed E-state index contributed by atoms with van der Waals surface area (Å²) in [7, 11) is 0. The molecule has 1 atom stereocenters. The van der Waals surface area contributed by atoms with E-state index in [1.54, 1.807) is 0 Å². The number of carbonyl (C=O) groups is 1. The lowest BCUT2D eigenvalue weighted by atomic mass is 10.1. The Bertz CT molecular complexity index is 439. The van der Waals surface area contributed by atoms with E-state index in [1.807, 2.05) is 35.2 Å². The van der Waals surface area contributed by atoms with Gasteiger partial charge >= 0.3 is 6.09 Å². The fourth-order valence-electron chi connectivity index (χ4n) is 2.81. The molecular formula is C16H22N2O2. The first-order chi connectivity index (χ1) is 9.84. The highest BCUT2D eigenvalue weighted by molar-refractivity contribution is 5.69. The zero-order chi connectivity index (χ0) is 13.8. The quantitative estimate of drug-likeness (QED) is 0.917. The molecular weight excluding hydrogens is 252 g/mol. The first-order valence-corrected chi connectivity index (χ1v) is 7.54. The zero-order valence-corrected chi connectivity index (χ0v) is 11.8. The average molecular weight is 274 g/mol. The summed E-state index contributed by atoms with van der Waals surface area (Å²) in [5, 5.41) is 3.38. The molecule has 0 radical (unpaired) electrons. The SMILES string of the molecule is O=C(OCc1ccccc1)N(C1CC1)[C@@H]1CCCNC1. The summed E-state index contributed by atoms with van der Waals surface area (Å²) >= 11 is 0. The molecule has 1 aromatic carbocycles. The predicted molar refractivity (Wildman–Crippen MR) is 77.4 cm³/mol. The fourth-order valence-corrected chi connectivity index (χ4v) is 2.81. The van der Waals surface area contributed by atoms with Gasteiger partial charge in [-0.05, 0) is 37.8 Å². The number of rotatable bonds is 4. The molecule has 0 unspecified atom stereocenters. The molecule has 2 aliphatic rings. The molecule has 0 bridgehead atoms. The van der Waals surface area contributed by atoms with Crippen LogP contribution >= 0.6 is 0 Å². The Morgan fingerprint density at radius 2 is 2.00 bits per heavy atom. The van der Waals surface area contributed by atoms with E-state index in [2.05, 4.69) is 5.32 Å². The number of nitrogens with zero attached hydrogens (tertiary/aromatic N) is 1. The van der Waals surface area contributed by atoms with Gasteiger partial charge in [0.05, 0.1) is 0 Å². The molecule has 0 spiro atoms. The number of amides is 1. The summed E-state index contributed by atoms with van der Waals surface area (Å²) in [4.78, 5) is 14.4. The third kappa shape index (κ3) is 3.31. The third-order valence-electron chi connectivity index (χ3n) is 4.02. The molecule has 3 rings (SSSR count). The molecule has 1 amide bonds. The minimum Gasteiger partial charge on any atom is -0.445 e. The first kappa shape index (κ1) is 13.4. The van der Waals surface area contributed by atoms with Crippen LogP contribution in [0.15, 0.2) is 30.3 Å². The van der Waals surface area contributed by atoms with Crippen LogP contribution in [0, 0.1) is 0 Å². The van der Waals surface area contributed by atoms with Crippen molar-refractivity contribution in [3.63, 3.8) is 0 Å². The fraction of sp³-hybridized carbons (Fsp3) is 0.562. The van der Waals surface area contributed by atoms with Crippen molar-refractivity contribution in [3.05, 3.63) is 35.9 Å². The number of benzene rings is 1. The van der Waals surface area contributed by atoms with E-state index in [-0.39, 0.29) is 6.09 Å². The normalized spacial score (nSPS) is 22.3. The van der Waals surface area contributed by atoms with Crippen LogP contribution in [0.1, 0.15) is 31.2 Å². The van der Waals surface area contributed by atoms with Crippen molar-refractivity contribution in [1.29, 1.82) is 0 Å². The van der Waals surface area contributed by atoms with Gasteiger partial charge in [-0.3, -0.25) is 0 Å². The van der Waals surface area contributed by atoms with Crippen molar-refractivity contribution in [2.45, 2.75) is 44.4 Å². The van der Waals surface area contributed by atoms with Gasteiger partial charge in [0.1, 0.15) is 6.61 Å². The topological polar surface area (TPSA) is 41.6 Å². The maximum Gasteiger partial charge on any atom is 0.410 e. The van der Waals surface area contributed by atoms with Crippen molar-refractivity contribution in [1.82, 2.24) is 10.2 Å². The van der Waals surface area contributed by atoms with Crippen molar-refractivity contribution >= 4 is 6.09 Å². The van der Waals surface area contributed by atoms with Crippen LogP contribution in [0.3, 0.4) is 0 Å². The summed E-state index contributed by atoms with van der Waals surface area (Å²) in [6, 6.07) is 10.6. The van der Waals surface area contributed by atoms with Gasteiger partial charge in [0, 0.05) is 18.6 Å². The Balaban J connectivity index is 1.58. The van der Waals surface area contributed by atoms with E-state index < -0.39 is 0 Å². The predicted octanol–water partition coefficient (Wildman–Crippen LogP) is 2.54. The number of nitrogens with one attached hydrogen (secondary N) is 1.